The van der Waals surface area contributed by atoms with Gasteiger partial charge in [0.05, 0.1) is 26.0 Å². The van der Waals surface area contributed by atoms with E-state index in [2.05, 4.69) is 31.6 Å². The summed E-state index contributed by atoms with van der Waals surface area (Å²) in [5.41, 5.74) is -0.482. The van der Waals surface area contributed by atoms with Crippen LogP contribution in [0.3, 0.4) is 0 Å². The highest BCUT2D eigenvalue weighted by Gasteiger charge is 2.42. The highest BCUT2D eigenvalue weighted by atomic mass is 19.4. The second-order valence-electron chi connectivity index (χ2n) is 7.43. The Balaban J connectivity index is 1.61. The van der Waals surface area contributed by atoms with Crippen LogP contribution in [0.4, 0.5) is 19.0 Å². The molecule has 29 heavy (non-hydrogen) atoms. The van der Waals surface area contributed by atoms with Crippen LogP contribution >= 0.6 is 0 Å². The molecule has 154 valence electrons. The van der Waals surface area contributed by atoms with Gasteiger partial charge in [-0.25, -0.2) is 9.97 Å². The van der Waals surface area contributed by atoms with Crippen LogP contribution in [0.15, 0.2) is 40.3 Å². The van der Waals surface area contributed by atoms with Crippen molar-refractivity contribution in [2.45, 2.75) is 19.0 Å². The molecule has 0 aromatic carbocycles. The van der Waals surface area contributed by atoms with Crippen LogP contribution in [0.1, 0.15) is 18.7 Å². The summed E-state index contributed by atoms with van der Waals surface area (Å²) in [6.07, 6.45) is 2.74. The van der Waals surface area contributed by atoms with E-state index in [1.807, 2.05) is 6.07 Å². The van der Waals surface area contributed by atoms with E-state index in [4.69, 9.17) is 4.74 Å². The summed E-state index contributed by atoms with van der Waals surface area (Å²) in [6.45, 7) is 6.80. The van der Waals surface area contributed by atoms with Gasteiger partial charge in [-0.15, -0.1) is 0 Å². The summed E-state index contributed by atoms with van der Waals surface area (Å²) >= 11 is 0. The average Bonchev–Trinajstić information content (AvgIpc) is 2.70. The molecule has 0 amide bonds. The van der Waals surface area contributed by atoms with Crippen molar-refractivity contribution in [2.24, 2.45) is 15.4 Å². The molecule has 1 aromatic rings. The van der Waals surface area contributed by atoms with Crippen LogP contribution in [0.25, 0.3) is 5.70 Å². The van der Waals surface area contributed by atoms with Crippen molar-refractivity contribution in [1.82, 2.24) is 14.9 Å². The summed E-state index contributed by atoms with van der Waals surface area (Å²) in [5.74, 6) is 1.02. The van der Waals surface area contributed by atoms with Crippen LogP contribution in [0.2, 0.25) is 0 Å². The number of aliphatic imine (C=N–C) groups is 2. The van der Waals surface area contributed by atoms with E-state index in [1.54, 1.807) is 6.20 Å². The average molecular weight is 406 g/mol. The Kier molecular flexibility index (Phi) is 5.12. The van der Waals surface area contributed by atoms with Gasteiger partial charge in [0.1, 0.15) is 11.5 Å². The number of anilines is 1. The van der Waals surface area contributed by atoms with Gasteiger partial charge in [-0.05, 0) is 25.6 Å². The van der Waals surface area contributed by atoms with E-state index in [-0.39, 0.29) is 17.8 Å². The molecule has 1 spiro atoms. The SMILES string of the molecule is C=N/C=C(/c1nccc(N2CCCC3(COC3)C2)n1)N1C=C(C(F)(F)F)N=CC1. The van der Waals surface area contributed by atoms with Crippen LogP contribution in [-0.4, -0.2) is 66.8 Å². The molecule has 4 heterocycles. The third-order valence-electron chi connectivity index (χ3n) is 5.27. The lowest BCUT2D eigenvalue weighted by atomic mass is 9.78. The van der Waals surface area contributed by atoms with Crippen molar-refractivity contribution in [3.63, 3.8) is 0 Å². The minimum absolute atomic E-state index is 0.151. The Morgan fingerprint density at radius 1 is 1.34 bits per heavy atom. The zero-order valence-electron chi connectivity index (χ0n) is 15.8. The van der Waals surface area contributed by atoms with Gasteiger partial charge in [0, 0.05) is 37.1 Å². The predicted molar refractivity (Wildman–Crippen MR) is 104 cm³/mol. The maximum absolute atomic E-state index is 13.1. The number of hydrogen-bond acceptors (Lipinski definition) is 7. The number of allylic oxidation sites excluding steroid dienone is 1. The first-order valence-corrected chi connectivity index (χ1v) is 9.31. The highest BCUT2D eigenvalue weighted by Crippen LogP contribution is 2.38. The molecule has 3 aliphatic rings. The van der Waals surface area contributed by atoms with Gasteiger partial charge in [-0.1, -0.05) is 0 Å². The topological polar surface area (TPSA) is 66.2 Å². The molecule has 10 heteroatoms. The maximum Gasteiger partial charge on any atom is 0.434 e. The van der Waals surface area contributed by atoms with E-state index in [9.17, 15) is 13.2 Å². The molecule has 4 rings (SSSR count). The quantitative estimate of drug-likeness (QED) is 0.720. The zero-order chi connectivity index (χ0) is 20.5. The normalized spacial score (nSPS) is 21.8. The van der Waals surface area contributed by atoms with Gasteiger partial charge in [-0.3, -0.25) is 9.98 Å². The Hall–Kier alpha value is -2.75. The molecule has 0 bridgehead atoms. The first-order chi connectivity index (χ1) is 13.9. The van der Waals surface area contributed by atoms with Crippen LogP contribution < -0.4 is 4.90 Å². The lowest BCUT2D eigenvalue weighted by Gasteiger charge is -2.48. The van der Waals surface area contributed by atoms with Crippen molar-refractivity contribution < 1.29 is 17.9 Å². The fourth-order valence-electron chi connectivity index (χ4n) is 3.80. The zero-order valence-corrected chi connectivity index (χ0v) is 15.8. The largest absolute Gasteiger partial charge is 0.434 e. The molecule has 2 fully saturated rings. The van der Waals surface area contributed by atoms with Gasteiger partial charge in [0.2, 0.25) is 0 Å². The third kappa shape index (κ3) is 4.02. The van der Waals surface area contributed by atoms with E-state index in [0.717, 1.165) is 51.2 Å². The van der Waals surface area contributed by atoms with Crippen molar-refractivity contribution in [3.05, 3.63) is 36.2 Å². The summed E-state index contributed by atoms with van der Waals surface area (Å²) in [6, 6.07) is 1.82. The van der Waals surface area contributed by atoms with E-state index >= 15 is 0 Å². The number of hydrogen-bond donors (Lipinski definition) is 0. The van der Waals surface area contributed by atoms with Gasteiger partial charge in [-0.2, -0.15) is 13.2 Å². The van der Waals surface area contributed by atoms with Gasteiger partial charge in [0.15, 0.2) is 11.5 Å². The summed E-state index contributed by atoms with van der Waals surface area (Å²) in [7, 11) is 0. The Morgan fingerprint density at radius 3 is 2.86 bits per heavy atom. The molecular weight excluding hydrogens is 385 g/mol. The lowest BCUT2D eigenvalue weighted by Crippen LogP contribution is -2.54. The molecule has 3 aliphatic heterocycles. The summed E-state index contributed by atoms with van der Waals surface area (Å²) in [4.78, 5) is 19.6. The van der Waals surface area contributed by atoms with Crippen LogP contribution in [0.5, 0.6) is 0 Å². The van der Waals surface area contributed by atoms with Gasteiger partial charge < -0.3 is 14.5 Å². The molecule has 0 aliphatic carbocycles. The van der Waals surface area contributed by atoms with E-state index in [0.29, 0.717) is 5.70 Å². The standard InChI is InChI=1S/C19H21F3N6O/c1-23-9-14(27-8-6-24-15(10-27)19(20,21)22)17-25-5-3-16(26-17)28-7-2-4-18(11-28)12-29-13-18/h3,5-6,9-10H,1-2,4,7-8,11-13H2/b14-9-. The van der Waals surface area contributed by atoms with Crippen molar-refractivity contribution in [3.8, 4) is 0 Å². The number of alkyl halides is 3. The molecule has 0 unspecified atom stereocenters. The number of piperidine rings is 1. The van der Waals surface area contributed by atoms with Gasteiger partial charge >= 0.3 is 6.18 Å². The number of rotatable bonds is 4. The molecule has 1 aromatic heterocycles. The number of ether oxygens (including phenoxy) is 1. The second kappa shape index (κ2) is 7.58. The minimum atomic E-state index is -4.54. The van der Waals surface area contributed by atoms with E-state index < -0.39 is 11.9 Å². The fourth-order valence-corrected chi connectivity index (χ4v) is 3.80. The molecule has 2 saturated heterocycles. The molecular formula is C19H21F3N6O. The molecule has 0 atom stereocenters. The van der Waals surface area contributed by atoms with Crippen LogP contribution in [0, 0.1) is 5.41 Å². The summed E-state index contributed by atoms with van der Waals surface area (Å²) in [5, 5.41) is 0. The van der Waals surface area contributed by atoms with Crippen LogP contribution in [-0.2, 0) is 4.74 Å². The van der Waals surface area contributed by atoms with Crippen molar-refractivity contribution >= 4 is 24.4 Å². The highest BCUT2D eigenvalue weighted by molar-refractivity contribution is 5.70. The molecule has 0 N–H and O–H groups in total. The Morgan fingerprint density at radius 2 is 2.17 bits per heavy atom. The fraction of sp³-hybridized carbons (Fsp3) is 0.474. The molecule has 0 radical (unpaired) electrons. The Bertz CT molecular complexity index is 875. The molecule has 0 saturated carbocycles. The van der Waals surface area contributed by atoms with E-state index in [1.165, 1.54) is 17.3 Å². The summed E-state index contributed by atoms with van der Waals surface area (Å²) < 4.78 is 44.6. The number of aromatic nitrogens is 2. The first-order valence-electron chi connectivity index (χ1n) is 9.31. The number of halogens is 3. The molecule has 7 nitrogen and oxygen atoms in total. The minimum Gasteiger partial charge on any atom is -0.380 e. The Labute approximate surface area is 166 Å². The van der Waals surface area contributed by atoms with Crippen molar-refractivity contribution in [2.75, 3.05) is 37.7 Å². The maximum atomic E-state index is 13.1. The third-order valence-corrected chi connectivity index (χ3v) is 5.27. The lowest BCUT2D eigenvalue weighted by molar-refractivity contribution is -0.117. The second-order valence-corrected chi connectivity index (χ2v) is 7.43. The smallest absolute Gasteiger partial charge is 0.380 e. The van der Waals surface area contributed by atoms with Gasteiger partial charge in [0.25, 0.3) is 0 Å². The number of nitrogens with zero attached hydrogens (tertiary/aromatic N) is 6. The predicted octanol–water partition coefficient (Wildman–Crippen LogP) is 2.88. The first kappa shape index (κ1) is 19.6. The van der Waals surface area contributed by atoms with Crippen molar-refractivity contribution in [1.29, 1.82) is 0 Å². The monoisotopic (exact) mass is 406 g/mol.